The van der Waals surface area contributed by atoms with E-state index in [9.17, 15) is 13.2 Å². The molecular weight excluding hydrogens is 263 g/mol. The fourth-order valence-electron chi connectivity index (χ4n) is 2.41. The van der Waals surface area contributed by atoms with E-state index in [0.29, 0.717) is 16.7 Å². The molecule has 0 saturated heterocycles. The van der Waals surface area contributed by atoms with Crippen LogP contribution in [0.4, 0.5) is 13.2 Å². The Labute approximate surface area is 116 Å². The smallest absolute Gasteiger partial charge is 0.131 e. The van der Waals surface area contributed by atoms with E-state index in [0.717, 1.165) is 0 Å². The third-order valence-corrected chi connectivity index (χ3v) is 3.37. The number of nitrogens with one attached hydrogen (secondary N) is 1. The molecular formula is C16H16F3N. The summed E-state index contributed by atoms with van der Waals surface area (Å²) in [5.74, 6) is -1.54. The summed E-state index contributed by atoms with van der Waals surface area (Å²) in [6.45, 7) is 3.27. The molecule has 0 aliphatic carbocycles. The first-order chi connectivity index (χ1) is 9.45. The van der Waals surface area contributed by atoms with Crippen LogP contribution in [0.25, 0.3) is 0 Å². The molecule has 0 saturated carbocycles. The van der Waals surface area contributed by atoms with Gasteiger partial charge < -0.3 is 5.32 Å². The molecule has 0 aromatic heterocycles. The van der Waals surface area contributed by atoms with Crippen molar-refractivity contribution >= 4 is 0 Å². The van der Waals surface area contributed by atoms with Gasteiger partial charge in [-0.15, -0.1) is 0 Å². The predicted molar refractivity (Wildman–Crippen MR) is 73.1 cm³/mol. The molecule has 2 aromatic carbocycles. The molecule has 0 aliphatic rings. The molecule has 1 N–H and O–H groups in total. The topological polar surface area (TPSA) is 12.0 Å². The van der Waals surface area contributed by atoms with Gasteiger partial charge in [0, 0.05) is 5.56 Å². The Bertz CT molecular complexity index is 594. The largest absolute Gasteiger partial charge is 0.309 e. The average Bonchev–Trinajstić information content (AvgIpc) is 2.40. The monoisotopic (exact) mass is 279 g/mol. The molecule has 106 valence electrons. The van der Waals surface area contributed by atoms with Crippen molar-refractivity contribution in [2.24, 2.45) is 0 Å². The summed E-state index contributed by atoms with van der Waals surface area (Å²) in [5.41, 5.74) is 1.49. The van der Waals surface area contributed by atoms with Crippen LogP contribution in [0.3, 0.4) is 0 Å². The Hall–Kier alpha value is -1.81. The minimum absolute atomic E-state index is 0.0552. The van der Waals surface area contributed by atoms with Crippen molar-refractivity contribution in [2.45, 2.75) is 19.9 Å². The van der Waals surface area contributed by atoms with Gasteiger partial charge in [-0.2, -0.15) is 0 Å². The van der Waals surface area contributed by atoms with Gasteiger partial charge in [-0.05, 0) is 49.7 Å². The predicted octanol–water partition coefficient (Wildman–Crippen LogP) is 4.03. The summed E-state index contributed by atoms with van der Waals surface area (Å²) in [6, 6.07) is 6.30. The van der Waals surface area contributed by atoms with Gasteiger partial charge in [0.15, 0.2) is 0 Å². The summed E-state index contributed by atoms with van der Waals surface area (Å²) < 4.78 is 41.5. The molecule has 0 fully saturated rings. The molecule has 0 bridgehead atoms. The van der Waals surface area contributed by atoms with Crippen LogP contribution in [0.1, 0.15) is 28.3 Å². The molecule has 0 spiro atoms. The molecule has 1 unspecified atom stereocenters. The van der Waals surface area contributed by atoms with Crippen LogP contribution < -0.4 is 5.32 Å². The Kier molecular flexibility index (Phi) is 4.14. The van der Waals surface area contributed by atoms with Gasteiger partial charge >= 0.3 is 0 Å². The molecule has 0 amide bonds. The van der Waals surface area contributed by atoms with Gasteiger partial charge in [0.25, 0.3) is 0 Å². The molecule has 2 aromatic rings. The van der Waals surface area contributed by atoms with Crippen molar-refractivity contribution in [3.63, 3.8) is 0 Å². The SMILES string of the molecule is CNC(c1cc(C)c(F)c(C)c1)c1c(F)cccc1F. The first-order valence-electron chi connectivity index (χ1n) is 6.33. The lowest BCUT2D eigenvalue weighted by molar-refractivity contribution is 0.521. The zero-order valence-corrected chi connectivity index (χ0v) is 11.6. The molecule has 0 radical (unpaired) electrons. The molecule has 1 atom stereocenters. The maximum Gasteiger partial charge on any atom is 0.131 e. The molecule has 0 aliphatic heterocycles. The highest BCUT2D eigenvalue weighted by atomic mass is 19.1. The van der Waals surface area contributed by atoms with Crippen molar-refractivity contribution in [3.8, 4) is 0 Å². The van der Waals surface area contributed by atoms with E-state index in [1.807, 2.05) is 0 Å². The number of hydrogen-bond donors (Lipinski definition) is 1. The summed E-state index contributed by atoms with van der Waals surface area (Å²) in [4.78, 5) is 0. The lowest BCUT2D eigenvalue weighted by Crippen LogP contribution is -2.21. The fourth-order valence-corrected chi connectivity index (χ4v) is 2.41. The second kappa shape index (κ2) is 5.67. The molecule has 1 nitrogen and oxygen atoms in total. The highest BCUT2D eigenvalue weighted by Crippen LogP contribution is 2.28. The van der Waals surface area contributed by atoms with Crippen LogP contribution in [0.5, 0.6) is 0 Å². The summed E-state index contributed by atoms with van der Waals surface area (Å²) in [7, 11) is 1.62. The van der Waals surface area contributed by atoms with E-state index < -0.39 is 17.7 Å². The van der Waals surface area contributed by atoms with Crippen molar-refractivity contribution in [1.82, 2.24) is 5.32 Å². The number of hydrogen-bond acceptors (Lipinski definition) is 1. The Balaban J connectivity index is 2.59. The summed E-state index contributed by atoms with van der Waals surface area (Å²) in [6.07, 6.45) is 0. The van der Waals surface area contributed by atoms with E-state index in [1.54, 1.807) is 33.0 Å². The van der Waals surface area contributed by atoms with E-state index in [2.05, 4.69) is 5.32 Å². The van der Waals surface area contributed by atoms with Gasteiger partial charge in [0.2, 0.25) is 0 Å². The van der Waals surface area contributed by atoms with Crippen LogP contribution in [-0.2, 0) is 0 Å². The minimum Gasteiger partial charge on any atom is -0.309 e. The van der Waals surface area contributed by atoms with E-state index >= 15 is 0 Å². The van der Waals surface area contributed by atoms with Gasteiger partial charge in [-0.1, -0.05) is 18.2 Å². The third-order valence-electron chi connectivity index (χ3n) is 3.37. The summed E-state index contributed by atoms with van der Waals surface area (Å²) in [5, 5.41) is 2.89. The van der Waals surface area contributed by atoms with Crippen LogP contribution >= 0.6 is 0 Å². The van der Waals surface area contributed by atoms with Gasteiger partial charge in [0.1, 0.15) is 17.5 Å². The van der Waals surface area contributed by atoms with Gasteiger partial charge in [-0.3, -0.25) is 0 Å². The van der Waals surface area contributed by atoms with Crippen LogP contribution in [0.2, 0.25) is 0 Å². The van der Waals surface area contributed by atoms with Crippen molar-refractivity contribution < 1.29 is 13.2 Å². The lowest BCUT2D eigenvalue weighted by Gasteiger charge is -2.20. The number of benzene rings is 2. The van der Waals surface area contributed by atoms with Crippen molar-refractivity contribution in [3.05, 3.63) is 70.0 Å². The van der Waals surface area contributed by atoms with E-state index in [1.165, 1.54) is 18.2 Å². The second-order valence-corrected chi connectivity index (χ2v) is 4.83. The van der Waals surface area contributed by atoms with Gasteiger partial charge in [-0.25, -0.2) is 13.2 Å². The van der Waals surface area contributed by atoms with E-state index in [4.69, 9.17) is 0 Å². The molecule has 2 rings (SSSR count). The van der Waals surface area contributed by atoms with Crippen LogP contribution in [-0.4, -0.2) is 7.05 Å². The standard InChI is InChI=1S/C16H16F3N/c1-9-7-11(8-10(2)15(9)19)16(20-3)14-12(17)5-4-6-13(14)18/h4-8,16,20H,1-3H3. The number of aryl methyl sites for hydroxylation is 2. The third kappa shape index (κ3) is 2.56. The molecule has 4 heteroatoms. The quantitative estimate of drug-likeness (QED) is 0.894. The zero-order valence-electron chi connectivity index (χ0n) is 11.6. The average molecular weight is 279 g/mol. The van der Waals surface area contributed by atoms with Crippen LogP contribution in [0.15, 0.2) is 30.3 Å². The molecule has 0 heterocycles. The van der Waals surface area contributed by atoms with Crippen LogP contribution in [0, 0.1) is 31.3 Å². The highest BCUT2D eigenvalue weighted by Gasteiger charge is 2.21. The highest BCUT2D eigenvalue weighted by molar-refractivity contribution is 5.38. The Morgan fingerprint density at radius 1 is 0.950 bits per heavy atom. The first kappa shape index (κ1) is 14.6. The maximum absolute atomic E-state index is 13.9. The number of rotatable bonds is 3. The Morgan fingerprint density at radius 2 is 1.45 bits per heavy atom. The second-order valence-electron chi connectivity index (χ2n) is 4.83. The Morgan fingerprint density at radius 3 is 1.90 bits per heavy atom. The summed E-state index contributed by atoms with van der Waals surface area (Å²) >= 11 is 0. The maximum atomic E-state index is 13.9. The van der Waals surface area contributed by atoms with E-state index in [-0.39, 0.29) is 11.4 Å². The lowest BCUT2D eigenvalue weighted by atomic mass is 9.94. The van der Waals surface area contributed by atoms with Gasteiger partial charge in [0.05, 0.1) is 6.04 Å². The molecule has 20 heavy (non-hydrogen) atoms. The number of halogens is 3. The zero-order chi connectivity index (χ0) is 14.9. The van der Waals surface area contributed by atoms with Crippen molar-refractivity contribution in [1.29, 1.82) is 0 Å². The minimum atomic E-state index is -0.658. The fraction of sp³-hybridized carbons (Fsp3) is 0.250. The normalized spacial score (nSPS) is 12.5. The van der Waals surface area contributed by atoms with Crippen molar-refractivity contribution in [2.75, 3.05) is 7.05 Å². The first-order valence-corrected chi connectivity index (χ1v) is 6.33.